The van der Waals surface area contributed by atoms with Gasteiger partial charge in [0.25, 0.3) is 11.6 Å². The quantitative estimate of drug-likeness (QED) is 0.764. The first-order valence-electron chi connectivity index (χ1n) is 8.95. The van der Waals surface area contributed by atoms with Gasteiger partial charge in [-0.15, -0.1) is 0 Å². The summed E-state index contributed by atoms with van der Waals surface area (Å²) in [5.41, 5.74) is 3.96. The SMILES string of the molecule is Cc1noc2ncc(C(=O)N[C@@H]3CCCc4c3cnn4C(C)(C)C)cc12. The number of nitrogens with one attached hydrogen (secondary N) is 1. The third-order valence-corrected chi connectivity index (χ3v) is 4.90. The second kappa shape index (κ2) is 5.93. The van der Waals surface area contributed by atoms with E-state index < -0.39 is 0 Å². The molecule has 136 valence electrons. The van der Waals surface area contributed by atoms with E-state index >= 15 is 0 Å². The monoisotopic (exact) mass is 353 g/mol. The third kappa shape index (κ3) is 2.77. The van der Waals surface area contributed by atoms with E-state index in [0.717, 1.165) is 35.9 Å². The molecule has 0 aliphatic heterocycles. The maximum absolute atomic E-state index is 12.8. The summed E-state index contributed by atoms with van der Waals surface area (Å²) in [5, 5.41) is 12.4. The second-order valence-electron chi connectivity index (χ2n) is 7.89. The summed E-state index contributed by atoms with van der Waals surface area (Å²) in [4.78, 5) is 17.0. The third-order valence-electron chi connectivity index (χ3n) is 4.90. The van der Waals surface area contributed by atoms with Gasteiger partial charge in [0.15, 0.2) is 0 Å². The van der Waals surface area contributed by atoms with Crippen LogP contribution in [0.3, 0.4) is 0 Å². The summed E-state index contributed by atoms with van der Waals surface area (Å²) in [5.74, 6) is -0.138. The molecule has 3 aromatic heterocycles. The number of carbonyl (C=O) groups excluding carboxylic acids is 1. The molecule has 1 aliphatic rings. The summed E-state index contributed by atoms with van der Waals surface area (Å²) in [7, 11) is 0. The number of aromatic nitrogens is 4. The van der Waals surface area contributed by atoms with Gasteiger partial charge in [0.05, 0.1) is 34.4 Å². The van der Waals surface area contributed by atoms with Crippen molar-refractivity contribution in [3.8, 4) is 0 Å². The van der Waals surface area contributed by atoms with Gasteiger partial charge in [0, 0.05) is 17.5 Å². The van der Waals surface area contributed by atoms with Crippen molar-refractivity contribution in [3.05, 3.63) is 41.0 Å². The Morgan fingerprint density at radius 1 is 1.35 bits per heavy atom. The molecule has 1 N–H and O–H groups in total. The number of rotatable bonds is 2. The number of amides is 1. The van der Waals surface area contributed by atoms with Crippen molar-refractivity contribution in [2.75, 3.05) is 0 Å². The smallest absolute Gasteiger partial charge is 0.257 e. The first-order chi connectivity index (χ1) is 12.3. The molecular formula is C19H23N5O2. The lowest BCUT2D eigenvalue weighted by molar-refractivity contribution is 0.0932. The predicted octanol–water partition coefficient (Wildman–Crippen LogP) is 3.29. The lowest BCUT2D eigenvalue weighted by Gasteiger charge is -2.28. The molecule has 1 atom stereocenters. The Labute approximate surface area is 151 Å². The first-order valence-corrected chi connectivity index (χ1v) is 8.95. The van der Waals surface area contributed by atoms with Crippen molar-refractivity contribution < 1.29 is 9.32 Å². The second-order valence-corrected chi connectivity index (χ2v) is 7.89. The normalized spacial score (nSPS) is 17.3. The number of nitrogens with zero attached hydrogens (tertiary/aromatic N) is 4. The van der Waals surface area contributed by atoms with E-state index in [1.807, 2.05) is 13.1 Å². The van der Waals surface area contributed by atoms with Gasteiger partial charge in [-0.2, -0.15) is 5.10 Å². The number of hydrogen-bond acceptors (Lipinski definition) is 5. The van der Waals surface area contributed by atoms with Crippen LogP contribution in [0, 0.1) is 6.92 Å². The number of aryl methyl sites for hydroxylation is 1. The molecule has 0 spiro atoms. The van der Waals surface area contributed by atoms with Gasteiger partial charge < -0.3 is 9.84 Å². The molecule has 0 unspecified atom stereocenters. The number of fused-ring (bicyclic) bond motifs is 2. The van der Waals surface area contributed by atoms with Gasteiger partial charge >= 0.3 is 0 Å². The Morgan fingerprint density at radius 3 is 2.92 bits per heavy atom. The van der Waals surface area contributed by atoms with Crippen molar-refractivity contribution >= 4 is 17.0 Å². The highest BCUT2D eigenvalue weighted by Gasteiger charge is 2.29. The summed E-state index contributed by atoms with van der Waals surface area (Å²) in [6.07, 6.45) is 6.37. The highest BCUT2D eigenvalue weighted by atomic mass is 16.5. The van der Waals surface area contributed by atoms with Crippen LogP contribution in [0.5, 0.6) is 0 Å². The molecule has 0 saturated carbocycles. The van der Waals surface area contributed by atoms with Gasteiger partial charge in [-0.3, -0.25) is 9.48 Å². The van der Waals surface area contributed by atoms with Gasteiger partial charge in [-0.1, -0.05) is 5.16 Å². The predicted molar refractivity (Wildman–Crippen MR) is 96.9 cm³/mol. The van der Waals surface area contributed by atoms with Crippen LogP contribution >= 0.6 is 0 Å². The zero-order valence-electron chi connectivity index (χ0n) is 15.5. The van der Waals surface area contributed by atoms with Crippen LogP contribution in [0.4, 0.5) is 0 Å². The van der Waals surface area contributed by atoms with Gasteiger partial charge in [0.2, 0.25) is 0 Å². The first kappa shape index (κ1) is 16.8. The average molecular weight is 353 g/mol. The molecule has 0 saturated heterocycles. The minimum Gasteiger partial charge on any atom is -0.345 e. The Morgan fingerprint density at radius 2 is 2.15 bits per heavy atom. The molecule has 3 heterocycles. The zero-order valence-corrected chi connectivity index (χ0v) is 15.5. The minimum absolute atomic E-state index is 0.0263. The topological polar surface area (TPSA) is 85.8 Å². The molecule has 4 rings (SSSR count). The van der Waals surface area contributed by atoms with Crippen LogP contribution in [0.15, 0.2) is 23.0 Å². The van der Waals surface area contributed by atoms with Crippen LogP contribution in [0.25, 0.3) is 11.1 Å². The van der Waals surface area contributed by atoms with Crippen LogP contribution in [0.1, 0.15) is 67.0 Å². The molecule has 0 bridgehead atoms. The Kier molecular flexibility index (Phi) is 3.82. The summed E-state index contributed by atoms with van der Waals surface area (Å²) < 4.78 is 7.19. The number of carbonyl (C=O) groups is 1. The molecule has 7 nitrogen and oxygen atoms in total. The summed E-state index contributed by atoms with van der Waals surface area (Å²) >= 11 is 0. The molecule has 0 fully saturated rings. The van der Waals surface area contributed by atoms with E-state index in [9.17, 15) is 4.79 Å². The van der Waals surface area contributed by atoms with Crippen molar-refractivity contribution in [1.29, 1.82) is 0 Å². The highest BCUT2D eigenvalue weighted by Crippen LogP contribution is 2.32. The van der Waals surface area contributed by atoms with Gasteiger partial charge in [-0.25, -0.2) is 4.98 Å². The maximum Gasteiger partial charge on any atom is 0.257 e. The molecule has 0 radical (unpaired) electrons. The molecule has 3 aromatic rings. The summed E-state index contributed by atoms with van der Waals surface area (Å²) in [6.45, 7) is 8.27. The fourth-order valence-electron chi connectivity index (χ4n) is 3.60. The molecular weight excluding hydrogens is 330 g/mol. The largest absolute Gasteiger partial charge is 0.345 e. The Bertz CT molecular complexity index is 980. The molecule has 0 aromatic carbocycles. The Balaban J connectivity index is 1.61. The number of hydrogen-bond donors (Lipinski definition) is 1. The standard InChI is InChI=1S/C19H23N5O2/c1-11-13-8-12(9-20-18(13)26-23-11)17(25)22-15-6-5-7-16-14(15)10-21-24(16)19(2,3)4/h8-10,15H,5-7H2,1-4H3,(H,22,25)/t15-/m1/s1. The van der Waals surface area contributed by atoms with Crippen molar-refractivity contribution in [1.82, 2.24) is 25.2 Å². The van der Waals surface area contributed by atoms with Crippen LogP contribution < -0.4 is 5.32 Å². The molecule has 1 amide bonds. The van der Waals surface area contributed by atoms with E-state index in [4.69, 9.17) is 4.52 Å². The average Bonchev–Trinajstić information content (AvgIpc) is 3.19. The van der Waals surface area contributed by atoms with E-state index in [0.29, 0.717) is 11.3 Å². The summed E-state index contributed by atoms with van der Waals surface area (Å²) in [6, 6.07) is 1.76. The molecule has 26 heavy (non-hydrogen) atoms. The van der Waals surface area contributed by atoms with E-state index in [2.05, 4.69) is 46.0 Å². The number of pyridine rings is 1. The maximum atomic E-state index is 12.8. The lowest BCUT2D eigenvalue weighted by atomic mass is 9.92. The van der Waals surface area contributed by atoms with E-state index in [1.165, 1.54) is 11.9 Å². The molecule has 7 heteroatoms. The van der Waals surface area contributed by atoms with Crippen molar-refractivity contribution in [2.45, 2.75) is 58.5 Å². The van der Waals surface area contributed by atoms with Gasteiger partial charge in [0.1, 0.15) is 0 Å². The van der Waals surface area contributed by atoms with Crippen molar-refractivity contribution in [2.24, 2.45) is 0 Å². The van der Waals surface area contributed by atoms with Crippen LogP contribution in [-0.4, -0.2) is 25.8 Å². The van der Waals surface area contributed by atoms with Crippen LogP contribution in [0.2, 0.25) is 0 Å². The zero-order chi connectivity index (χ0) is 18.5. The van der Waals surface area contributed by atoms with E-state index in [-0.39, 0.29) is 17.5 Å². The Hall–Kier alpha value is -2.70. The van der Waals surface area contributed by atoms with E-state index in [1.54, 1.807) is 6.07 Å². The fourth-order valence-corrected chi connectivity index (χ4v) is 3.60. The van der Waals surface area contributed by atoms with Crippen LogP contribution in [-0.2, 0) is 12.0 Å². The highest BCUT2D eigenvalue weighted by molar-refractivity contribution is 5.97. The van der Waals surface area contributed by atoms with Crippen molar-refractivity contribution in [3.63, 3.8) is 0 Å². The minimum atomic E-state index is -0.138. The fraction of sp³-hybridized carbons (Fsp3) is 0.474. The molecule has 1 aliphatic carbocycles. The van der Waals surface area contributed by atoms with Gasteiger partial charge in [-0.05, 0) is 53.0 Å². The lowest BCUT2D eigenvalue weighted by Crippen LogP contribution is -2.32.